The van der Waals surface area contributed by atoms with E-state index in [-0.39, 0.29) is 51.4 Å². The Hall–Kier alpha value is 1.43. The van der Waals surface area contributed by atoms with Gasteiger partial charge in [-0.05, 0) is 22.4 Å². The van der Waals surface area contributed by atoms with Crippen LogP contribution >= 0.6 is 11.3 Å². The summed E-state index contributed by atoms with van der Waals surface area (Å²) in [7, 11) is 2.48. The third-order valence-electron chi connectivity index (χ3n) is 1.93. The predicted octanol–water partition coefficient (Wildman–Crippen LogP) is 1.06. The maximum absolute atomic E-state index is 5.31. The van der Waals surface area contributed by atoms with Gasteiger partial charge in [-0.3, -0.25) is 0 Å². The van der Waals surface area contributed by atoms with Gasteiger partial charge in [0.1, 0.15) is 0 Å². The molecular formula is C8H15KO3SSi. The Labute approximate surface area is 133 Å². The Morgan fingerprint density at radius 2 is 1.79 bits per heavy atom. The van der Waals surface area contributed by atoms with Crippen LogP contribution in [0.15, 0.2) is 16.8 Å². The fraction of sp³-hybridized carbons (Fsp3) is 0.500. The van der Waals surface area contributed by atoms with E-state index >= 15 is 0 Å². The summed E-state index contributed by atoms with van der Waals surface area (Å²) in [4.78, 5) is 0. The molecular weight excluding hydrogens is 243 g/mol. The molecule has 6 heteroatoms. The van der Waals surface area contributed by atoms with Crippen LogP contribution in [-0.4, -0.2) is 81.5 Å². The Morgan fingerprint density at radius 1 is 1.21 bits per heavy atom. The van der Waals surface area contributed by atoms with E-state index in [0.29, 0.717) is 0 Å². The van der Waals surface area contributed by atoms with E-state index in [0.717, 1.165) is 6.04 Å². The van der Waals surface area contributed by atoms with Gasteiger partial charge in [-0.25, -0.2) is 0 Å². The van der Waals surface area contributed by atoms with Crippen molar-refractivity contribution in [3.63, 3.8) is 0 Å². The van der Waals surface area contributed by atoms with Gasteiger partial charge in [-0.1, -0.05) is 0 Å². The average Bonchev–Trinajstić information content (AvgIpc) is 2.67. The monoisotopic (exact) mass is 258 g/mol. The number of hydrogen-bond donors (Lipinski definition) is 0. The molecule has 0 radical (unpaired) electrons. The Balaban J connectivity index is 0.00000169. The normalized spacial score (nSPS) is 11.1. The molecule has 0 amide bonds. The van der Waals surface area contributed by atoms with Gasteiger partial charge in [-0.2, -0.15) is 11.3 Å². The summed E-state index contributed by atoms with van der Waals surface area (Å²) in [6, 6.07) is 2.80. The van der Waals surface area contributed by atoms with E-state index in [2.05, 4.69) is 11.4 Å². The third-order valence-corrected chi connectivity index (χ3v) is 5.37. The summed E-state index contributed by atoms with van der Waals surface area (Å²) >= 11 is 1.67. The van der Waals surface area contributed by atoms with E-state index in [1.165, 1.54) is 5.56 Å². The molecule has 0 saturated heterocycles. The molecule has 1 rings (SSSR count). The topological polar surface area (TPSA) is 27.7 Å². The molecule has 0 unspecified atom stereocenters. The second kappa shape index (κ2) is 7.67. The molecule has 0 spiro atoms. The maximum atomic E-state index is 5.31. The van der Waals surface area contributed by atoms with Crippen molar-refractivity contribution in [3.05, 3.63) is 22.4 Å². The van der Waals surface area contributed by atoms with E-state index in [1.807, 2.05) is 5.38 Å². The zero-order valence-electron chi connectivity index (χ0n) is 8.07. The van der Waals surface area contributed by atoms with Crippen molar-refractivity contribution < 1.29 is 13.3 Å². The van der Waals surface area contributed by atoms with Gasteiger partial charge in [-0.15, -0.1) is 0 Å². The van der Waals surface area contributed by atoms with Crippen LogP contribution in [0.25, 0.3) is 0 Å². The number of rotatable bonds is 5. The number of thiophene rings is 1. The molecule has 0 aliphatic heterocycles. The fourth-order valence-corrected chi connectivity index (χ4v) is 3.58. The molecule has 1 aromatic rings. The van der Waals surface area contributed by atoms with E-state index in [1.54, 1.807) is 32.7 Å². The quantitative estimate of drug-likeness (QED) is 0.739. The molecule has 14 heavy (non-hydrogen) atoms. The van der Waals surface area contributed by atoms with Crippen LogP contribution in [0, 0.1) is 0 Å². The third kappa shape index (κ3) is 4.13. The molecule has 0 bridgehead atoms. The van der Waals surface area contributed by atoms with Gasteiger partial charge in [0.05, 0.1) is 0 Å². The molecule has 3 nitrogen and oxygen atoms in total. The summed E-state index contributed by atoms with van der Waals surface area (Å²) in [6.07, 6.45) is 0. The van der Waals surface area contributed by atoms with Crippen molar-refractivity contribution in [2.24, 2.45) is 0 Å². The predicted molar refractivity (Wildman–Crippen MR) is 62.0 cm³/mol. The Morgan fingerprint density at radius 3 is 2.14 bits per heavy atom. The van der Waals surface area contributed by atoms with Crippen LogP contribution in [0.5, 0.6) is 0 Å². The Kier molecular flexibility index (Phi) is 8.45. The second-order valence-corrected chi connectivity index (χ2v) is 6.33. The van der Waals surface area contributed by atoms with Gasteiger partial charge in [0.25, 0.3) is 0 Å². The van der Waals surface area contributed by atoms with Crippen molar-refractivity contribution >= 4 is 71.5 Å². The van der Waals surface area contributed by atoms with Crippen molar-refractivity contribution in [1.29, 1.82) is 0 Å². The fourth-order valence-electron chi connectivity index (χ4n) is 1.11. The summed E-state index contributed by atoms with van der Waals surface area (Å²) in [6.45, 7) is 0. The molecule has 0 aliphatic rings. The molecule has 0 N–H and O–H groups in total. The van der Waals surface area contributed by atoms with Crippen LogP contribution in [0.3, 0.4) is 0 Å². The van der Waals surface area contributed by atoms with E-state index in [9.17, 15) is 0 Å². The van der Waals surface area contributed by atoms with Gasteiger partial charge in [0, 0.05) is 27.4 Å². The van der Waals surface area contributed by atoms with Crippen molar-refractivity contribution in [2.75, 3.05) is 21.3 Å². The second-order valence-electron chi connectivity index (χ2n) is 2.60. The van der Waals surface area contributed by atoms with Crippen molar-refractivity contribution in [1.82, 2.24) is 0 Å². The first-order valence-corrected chi connectivity index (χ1v) is 6.80. The van der Waals surface area contributed by atoms with Crippen LogP contribution < -0.4 is 0 Å². The summed E-state index contributed by atoms with van der Waals surface area (Å²) in [5.41, 5.74) is 1.21. The zero-order chi connectivity index (χ0) is 9.73. The molecule has 1 aromatic heterocycles. The van der Waals surface area contributed by atoms with Crippen LogP contribution in [-0.2, 0) is 19.3 Å². The van der Waals surface area contributed by atoms with Crippen LogP contribution in [0.4, 0.5) is 0 Å². The summed E-state index contributed by atoms with van der Waals surface area (Å²) < 4.78 is 15.9. The minimum atomic E-state index is -2.42. The Bertz CT molecular complexity index is 230. The summed E-state index contributed by atoms with van der Waals surface area (Å²) in [5, 5.41) is 4.12. The molecule has 76 valence electrons. The average molecular weight is 258 g/mol. The molecule has 0 aliphatic carbocycles. The molecule has 0 fully saturated rings. The van der Waals surface area contributed by atoms with Crippen molar-refractivity contribution in [2.45, 2.75) is 6.04 Å². The van der Waals surface area contributed by atoms with Crippen LogP contribution in [0.2, 0.25) is 0 Å². The first-order valence-electron chi connectivity index (χ1n) is 3.93. The molecule has 0 atom stereocenters. The molecule has 0 saturated carbocycles. The first kappa shape index (κ1) is 15.4. The standard InChI is InChI=1S/C8H14O3SSi.K.H/c1-9-13(10-2,11-3)7-8-4-5-12-6-8;;/h4-6H,7H2,1-3H3;;. The molecule has 0 aromatic carbocycles. The van der Waals surface area contributed by atoms with Crippen LogP contribution in [0.1, 0.15) is 5.56 Å². The van der Waals surface area contributed by atoms with Gasteiger partial charge in [0.15, 0.2) is 0 Å². The molecule has 1 heterocycles. The van der Waals surface area contributed by atoms with Crippen molar-refractivity contribution in [3.8, 4) is 0 Å². The van der Waals surface area contributed by atoms with Gasteiger partial charge < -0.3 is 13.3 Å². The zero-order valence-corrected chi connectivity index (χ0v) is 9.89. The SMILES string of the molecule is CO[Si](Cc1ccsc1)(OC)OC.[KH]. The summed E-state index contributed by atoms with van der Waals surface area (Å²) in [5.74, 6) is 0. The van der Waals surface area contributed by atoms with Gasteiger partial charge >= 0.3 is 60.2 Å². The first-order chi connectivity index (χ1) is 6.26. The van der Waals surface area contributed by atoms with Gasteiger partial charge in [0.2, 0.25) is 0 Å². The van der Waals surface area contributed by atoms with E-state index in [4.69, 9.17) is 13.3 Å². The van der Waals surface area contributed by atoms with E-state index < -0.39 is 8.80 Å². The number of hydrogen-bond acceptors (Lipinski definition) is 4. The minimum absolute atomic E-state index is 0.